The second-order valence-electron chi connectivity index (χ2n) is 4.54. The topological polar surface area (TPSA) is 73.2 Å². The van der Waals surface area contributed by atoms with E-state index in [0.717, 1.165) is 11.0 Å². The van der Waals surface area contributed by atoms with Gasteiger partial charge in [0, 0.05) is 12.6 Å². The van der Waals surface area contributed by atoms with Crippen molar-refractivity contribution in [2.75, 3.05) is 14.2 Å². The maximum atomic E-state index is 12.4. The van der Waals surface area contributed by atoms with Gasteiger partial charge < -0.3 is 14.6 Å². The fraction of sp³-hybridized carbons (Fsp3) is 0.357. The Morgan fingerprint density at radius 2 is 2.20 bits per heavy atom. The minimum atomic E-state index is -0.594. The van der Waals surface area contributed by atoms with Crippen LogP contribution in [-0.4, -0.2) is 41.5 Å². The average Bonchev–Trinajstić information content (AvgIpc) is 2.84. The lowest BCUT2D eigenvalue weighted by atomic mass is 10.0. The first-order valence-electron chi connectivity index (χ1n) is 6.26. The van der Waals surface area contributed by atoms with Gasteiger partial charge in [-0.25, -0.2) is 4.98 Å². The van der Waals surface area contributed by atoms with Gasteiger partial charge in [0.15, 0.2) is 5.78 Å². The van der Waals surface area contributed by atoms with E-state index in [1.807, 2.05) is 17.7 Å². The molecule has 0 aliphatic rings. The lowest BCUT2D eigenvalue weighted by molar-refractivity contribution is -0.140. The van der Waals surface area contributed by atoms with Crippen molar-refractivity contribution in [3.63, 3.8) is 0 Å². The molecule has 1 heterocycles. The largest absolute Gasteiger partial charge is 0.469 e. The highest BCUT2D eigenvalue weighted by atomic mass is 16.5. The van der Waals surface area contributed by atoms with E-state index >= 15 is 0 Å². The van der Waals surface area contributed by atoms with Crippen LogP contribution in [0, 0.1) is 0 Å². The molecule has 1 aromatic carbocycles. The number of ketones is 1. The molecule has 1 unspecified atom stereocenters. The van der Waals surface area contributed by atoms with E-state index in [-0.39, 0.29) is 12.2 Å². The molecule has 0 fully saturated rings. The zero-order chi connectivity index (χ0) is 14.7. The zero-order valence-corrected chi connectivity index (χ0v) is 11.7. The molecule has 6 heteroatoms. The Bertz CT molecular complexity index is 648. The number of aryl methyl sites for hydroxylation is 1. The summed E-state index contributed by atoms with van der Waals surface area (Å²) in [5.74, 6) is -0.568. The third kappa shape index (κ3) is 2.70. The monoisotopic (exact) mass is 275 g/mol. The van der Waals surface area contributed by atoms with Crippen LogP contribution < -0.4 is 5.32 Å². The quantitative estimate of drug-likeness (QED) is 0.648. The van der Waals surface area contributed by atoms with Crippen LogP contribution in [0.1, 0.15) is 16.8 Å². The van der Waals surface area contributed by atoms with Crippen LogP contribution in [0.5, 0.6) is 0 Å². The normalized spacial score (nSPS) is 12.3. The van der Waals surface area contributed by atoms with E-state index in [1.54, 1.807) is 25.5 Å². The first-order chi connectivity index (χ1) is 9.56. The third-order valence-electron chi connectivity index (χ3n) is 3.27. The van der Waals surface area contributed by atoms with Crippen molar-refractivity contribution in [3.8, 4) is 0 Å². The maximum absolute atomic E-state index is 12.4. The van der Waals surface area contributed by atoms with Crippen molar-refractivity contribution in [2.24, 2.45) is 7.05 Å². The van der Waals surface area contributed by atoms with Gasteiger partial charge in [-0.3, -0.25) is 9.59 Å². The molecular formula is C14H17N3O3. The molecule has 0 aliphatic heterocycles. The number of carbonyl (C=O) groups excluding carboxylic acids is 2. The lowest BCUT2D eigenvalue weighted by Crippen LogP contribution is -2.36. The Labute approximate surface area is 116 Å². The molecule has 2 aromatic rings. The predicted molar refractivity (Wildman–Crippen MR) is 74.5 cm³/mol. The minimum Gasteiger partial charge on any atom is -0.469 e. The van der Waals surface area contributed by atoms with Gasteiger partial charge in [0.2, 0.25) is 0 Å². The molecule has 0 aliphatic carbocycles. The number of carbonyl (C=O) groups is 2. The Morgan fingerprint density at radius 3 is 2.85 bits per heavy atom. The minimum absolute atomic E-state index is 0.00604. The number of rotatable bonds is 5. The molecule has 0 saturated carbocycles. The van der Waals surface area contributed by atoms with Gasteiger partial charge in [0.1, 0.15) is 0 Å². The molecule has 0 spiro atoms. The number of methoxy groups -OCH3 is 1. The smallest absolute Gasteiger partial charge is 0.307 e. The summed E-state index contributed by atoms with van der Waals surface area (Å²) in [5.41, 5.74) is 2.24. The highest BCUT2D eigenvalue weighted by Gasteiger charge is 2.22. The van der Waals surface area contributed by atoms with Gasteiger partial charge >= 0.3 is 5.97 Å². The van der Waals surface area contributed by atoms with E-state index in [1.165, 1.54) is 7.11 Å². The highest BCUT2D eigenvalue weighted by Crippen LogP contribution is 2.16. The van der Waals surface area contributed by atoms with Crippen molar-refractivity contribution in [2.45, 2.75) is 12.5 Å². The molecular weight excluding hydrogens is 258 g/mol. The number of hydrogen-bond donors (Lipinski definition) is 1. The standard InChI is InChI=1S/C14H17N3O3/c1-15-11(7-13(18)20-3)14(19)9-4-5-12-10(6-9)16-8-17(12)2/h4-6,8,11,15H,7H2,1-3H3. The SMILES string of the molecule is CNC(CC(=O)OC)C(=O)c1ccc2c(c1)ncn2C. The third-order valence-corrected chi connectivity index (χ3v) is 3.27. The second-order valence-corrected chi connectivity index (χ2v) is 4.54. The maximum Gasteiger partial charge on any atom is 0.307 e. The number of fused-ring (bicyclic) bond motifs is 1. The van der Waals surface area contributed by atoms with Crippen LogP contribution in [0.4, 0.5) is 0 Å². The van der Waals surface area contributed by atoms with Crippen LogP contribution in [0.25, 0.3) is 11.0 Å². The fourth-order valence-electron chi connectivity index (χ4n) is 2.07. The number of nitrogens with zero attached hydrogens (tertiary/aromatic N) is 2. The Kier molecular flexibility index (Phi) is 4.14. The van der Waals surface area contributed by atoms with Crippen molar-refractivity contribution in [1.82, 2.24) is 14.9 Å². The second kappa shape index (κ2) is 5.83. The van der Waals surface area contributed by atoms with E-state index in [0.29, 0.717) is 5.56 Å². The summed E-state index contributed by atoms with van der Waals surface area (Å²) in [5, 5.41) is 2.84. The zero-order valence-electron chi connectivity index (χ0n) is 11.7. The fourth-order valence-corrected chi connectivity index (χ4v) is 2.07. The molecule has 0 bridgehead atoms. The number of benzene rings is 1. The molecule has 0 radical (unpaired) electrons. The van der Waals surface area contributed by atoms with Crippen LogP contribution in [-0.2, 0) is 16.6 Å². The molecule has 0 amide bonds. The molecule has 2 rings (SSSR count). The first-order valence-corrected chi connectivity index (χ1v) is 6.26. The summed E-state index contributed by atoms with van der Waals surface area (Å²) in [6.45, 7) is 0. The van der Waals surface area contributed by atoms with Crippen LogP contribution in [0.2, 0.25) is 0 Å². The molecule has 1 N–H and O–H groups in total. The van der Waals surface area contributed by atoms with Crippen molar-refractivity contribution in [3.05, 3.63) is 30.1 Å². The van der Waals surface area contributed by atoms with E-state index in [9.17, 15) is 9.59 Å². The van der Waals surface area contributed by atoms with Crippen LogP contribution >= 0.6 is 0 Å². The molecule has 1 aromatic heterocycles. The van der Waals surface area contributed by atoms with Crippen molar-refractivity contribution in [1.29, 1.82) is 0 Å². The number of esters is 1. The van der Waals surface area contributed by atoms with Gasteiger partial charge in [-0.2, -0.15) is 0 Å². The van der Waals surface area contributed by atoms with E-state index < -0.39 is 12.0 Å². The number of Topliss-reactive ketones (excluding diaryl/α,β-unsaturated/α-hetero) is 1. The molecule has 106 valence electrons. The van der Waals surface area contributed by atoms with Crippen molar-refractivity contribution >= 4 is 22.8 Å². The predicted octanol–water partition coefficient (Wildman–Crippen LogP) is 0.907. The van der Waals surface area contributed by atoms with Gasteiger partial charge in [-0.1, -0.05) is 0 Å². The Morgan fingerprint density at radius 1 is 1.45 bits per heavy atom. The highest BCUT2D eigenvalue weighted by molar-refractivity contribution is 6.03. The van der Waals surface area contributed by atoms with Gasteiger partial charge in [-0.15, -0.1) is 0 Å². The summed E-state index contributed by atoms with van der Waals surface area (Å²) in [7, 11) is 4.84. The van der Waals surface area contributed by atoms with Crippen LogP contribution in [0.3, 0.4) is 0 Å². The van der Waals surface area contributed by atoms with E-state index in [2.05, 4.69) is 15.0 Å². The first kappa shape index (κ1) is 14.2. The van der Waals surface area contributed by atoms with Gasteiger partial charge in [0.05, 0.1) is 36.9 Å². The Hall–Kier alpha value is -2.21. The number of ether oxygens (including phenoxy) is 1. The molecule has 0 saturated heterocycles. The number of nitrogens with one attached hydrogen (secondary N) is 1. The summed E-state index contributed by atoms with van der Waals surface area (Å²) in [4.78, 5) is 27.9. The number of imidazole rings is 1. The average molecular weight is 275 g/mol. The van der Waals surface area contributed by atoms with E-state index in [4.69, 9.17) is 0 Å². The van der Waals surface area contributed by atoms with Gasteiger partial charge in [-0.05, 0) is 25.2 Å². The molecule has 20 heavy (non-hydrogen) atoms. The number of hydrogen-bond acceptors (Lipinski definition) is 5. The van der Waals surface area contributed by atoms with Crippen molar-refractivity contribution < 1.29 is 14.3 Å². The summed E-state index contributed by atoms with van der Waals surface area (Å²) < 4.78 is 6.48. The summed E-state index contributed by atoms with van der Waals surface area (Å²) in [6.07, 6.45) is 1.70. The molecule has 1 atom stereocenters. The van der Waals surface area contributed by atoms with Gasteiger partial charge in [0.25, 0.3) is 0 Å². The molecule has 6 nitrogen and oxygen atoms in total. The number of aromatic nitrogens is 2. The van der Waals surface area contributed by atoms with Crippen LogP contribution in [0.15, 0.2) is 24.5 Å². The Balaban J connectivity index is 2.27. The lowest BCUT2D eigenvalue weighted by Gasteiger charge is -2.13. The number of likely N-dealkylation sites (N-methyl/N-ethyl adjacent to an activating group) is 1. The summed E-state index contributed by atoms with van der Waals surface area (Å²) in [6, 6.07) is 4.73. The summed E-state index contributed by atoms with van der Waals surface area (Å²) >= 11 is 0.